The van der Waals surface area contributed by atoms with Gasteiger partial charge >= 0.3 is 0 Å². The molecule has 1 amide bonds. The maximum absolute atomic E-state index is 13.1. The second-order valence-corrected chi connectivity index (χ2v) is 7.08. The van der Waals surface area contributed by atoms with Crippen LogP contribution >= 0.6 is 23.2 Å². The summed E-state index contributed by atoms with van der Waals surface area (Å²) in [5.41, 5.74) is 2.34. The van der Waals surface area contributed by atoms with Crippen molar-refractivity contribution in [1.82, 2.24) is 0 Å². The summed E-state index contributed by atoms with van der Waals surface area (Å²) >= 11 is 12.7. The Labute approximate surface area is 163 Å². The van der Waals surface area contributed by atoms with E-state index in [-0.39, 0.29) is 18.9 Å². The van der Waals surface area contributed by atoms with Crippen LogP contribution in [0.25, 0.3) is 0 Å². The van der Waals surface area contributed by atoms with E-state index in [0.29, 0.717) is 16.6 Å². The highest BCUT2D eigenvalue weighted by Crippen LogP contribution is 2.41. The van der Waals surface area contributed by atoms with Gasteiger partial charge in [0.25, 0.3) is 5.91 Å². The topological polar surface area (TPSA) is 49.8 Å². The van der Waals surface area contributed by atoms with Crippen molar-refractivity contribution in [2.45, 2.75) is 32.0 Å². The number of carbonyl (C=O) groups excluding carboxylic acids is 1. The Morgan fingerprint density at radius 3 is 2.62 bits per heavy atom. The first kappa shape index (κ1) is 19.2. The van der Waals surface area contributed by atoms with Crippen molar-refractivity contribution in [2.75, 3.05) is 18.1 Å². The number of hydrogen-bond acceptors (Lipinski definition) is 3. The number of benzene rings is 2. The van der Waals surface area contributed by atoms with Crippen LogP contribution in [-0.4, -0.2) is 30.3 Å². The number of carbonyl (C=O) groups is 1. The lowest BCUT2D eigenvalue weighted by atomic mass is 9.99. The summed E-state index contributed by atoms with van der Waals surface area (Å²) in [5.74, 6) is -0.154. The van der Waals surface area contributed by atoms with Gasteiger partial charge in [0.2, 0.25) is 0 Å². The van der Waals surface area contributed by atoms with Gasteiger partial charge in [-0.2, -0.15) is 0 Å². The van der Waals surface area contributed by atoms with Crippen molar-refractivity contribution < 1.29 is 14.6 Å². The molecule has 0 saturated heterocycles. The second kappa shape index (κ2) is 8.40. The highest BCUT2D eigenvalue weighted by Gasteiger charge is 2.36. The molecule has 2 aromatic rings. The normalized spacial score (nSPS) is 20.0. The van der Waals surface area contributed by atoms with E-state index in [0.717, 1.165) is 23.2 Å². The first-order valence-corrected chi connectivity index (χ1v) is 9.44. The van der Waals surface area contributed by atoms with E-state index in [1.165, 1.54) is 0 Å². The molecule has 0 aromatic heterocycles. The average Bonchev–Trinajstić information content (AvgIpc) is 2.73. The predicted molar refractivity (Wildman–Crippen MR) is 104 cm³/mol. The summed E-state index contributed by atoms with van der Waals surface area (Å²) in [4.78, 5) is 14.8. The van der Waals surface area contributed by atoms with Crippen LogP contribution < -0.4 is 4.90 Å². The zero-order chi connectivity index (χ0) is 18.7. The second-order valence-electron chi connectivity index (χ2n) is 6.23. The maximum atomic E-state index is 13.1. The van der Waals surface area contributed by atoms with Crippen LogP contribution in [0.5, 0.6) is 0 Å². The van der Waals surface area contributed by atoms with Gasteiger partial charge in [-0.15, -0.1) is 0 Å². The molecular weight excluding hydrogens is 373 g/mol. The monoisotopic (exact) mass is 393 g/mol. The summed E-state index contributed by atoms with van der Waals surface area (Å²) in [7, 11) is 0. The number of anilines is 1. The average molecular weight is 394 g/mol. The van der Waals surface area contributed by atoms with Crippen molar-refractivity contribution in [1.29, 1.82) is 0 Å². The molecule has 0 bridgehead atoms. The van der Waals surface area contributed by atoms with E-state index in [1.54, 1.807) is 17.0 Å². The molecule has 2 aromatic carbocycles. The molecule has 3 rings (SSSR count). The lowest BCUT2D eigenvalue weighted by Crippen LogP contribution is -2.40. The Kier molecular flexibility index (Phi) is 6.20. The molecule has 1 aliphatic rings. The number of halogens is 2. The van der Waals surface area contributed by atoms with Gasteiger partial charge in [0.15, 0.2) is 0 Å². The van der Waals surface area contributed by atoms with Gasteiger partial charge in [-0.1, -0.05) is 48.3 Å². The third-order valence-corrected chi connectivity index (χ3v) is 5.01. The summed E-state index contributed by atoms with van der Waals surface area (Å²) < 4.78 is 6.19. The minimum absolute atomic E-state index is 0.136. The first-order chi connectivity index (χ1) is 12.6. The Balaban J connectivity index is 2.19. The number of hydrogen-bond donors (Lipinski definition) is 1. The minimum Gasteiger partial charge on any atom is -0.396 e. The first-order valence-electron chi connectivity index (χ1n) is 8.68. The molecule has 26 heavy (non-hydrogen) atoms. The molecule has 2 unspecified atom stereocenters. The number of rotatable bonds is 5. The van der Waals surface area contributed by atoms with Gasteiger partial charge in [0.1, 0.15) is 12.2 Å². The lowest BCUT2D eigenvalue weighted by molar-refractivity contribution is -0.133. The van der Waals surface area contributed by atoms with Crippen LogP contribution in [0.15, 0.2) is 42.5 Å². The van der Waals surface area contributed by atoms with E-state index in [4.69, 9.17) is 27.9 Å². The Morgan fingerprint density at radius 2 is 1.92 bits per heavy atom. The van der Waals surface area contributed by atoms with E-state index in [9.17, 15) is 9.90 Å². The minimum atomic E-state index is -0.751. The number of aliphatic hydroxyl groups is 1. The maximum Gasteiger partial charge on any atom is 0.256 e. The lowest BCUT2D eigenvalue weighted by Gasteiger charge is -2.24. The van der Waals surface area contributed by atoms with E-state index < -0.39 is 12.2 Å². The molecule has 0 fully saturated rings. The third-order valence-electron chi connectivity index (χ3n) is 4.43. The third kappa shape index (κ3) is 3.74. The highest BCUT2D eigenvalue weighted by atomic mass is 35.5. The van der Waals surface area contributed by atoms with Crippen molar-refractivity contribution >= 4 is 34.8 Å². The molecule has 0 saturated carbocycles. The van der Waals surface area contributed by atoms with Crippen LogP contribution in [0.1, 0.15) is 37.0 Å². The predicted octanol–water partition coefficient (Wildman–Crippen LogP) is 4.61. The van der Waals surface area contributed by atoms with Gasteiger partial charge in [-0.25, -0.2) is 0 Å². The van der Waals surface area contributed by atoms with Crippen LogP contribution in [-0.2, 0) is 9.53 Å². The highest BCUT2D eigenvalue weighted by molar-refractivity contribution is 6.31. The Bertz CT molecular complexity index is 796. The zero-order valence-electron chi connectivity index (χ0n) is 14.5. The largest absolute Gasteiger partial charge is 0.396 e. The fraction of sp³-hybridized carbons (Fsp3) is 0.350. The molecular formula is C20H21Cl2NO3. The molecule has 0 aliphatic carbocycles. The van der Waals surface area contributed by atoms with Gasteiger partial charge in [-0.05, 0) is 30.7 Å². The number of aliphatic hydroxyl groups excluding tert-OH is 1. The summed E-state index contributed by atoms with van der Waals surface area (Å²) in [6.07, 6.45) is -0.267. The quantitative estimate of drug-likeness (QED) is 0.806. The van der Waals surface area contributed by atoms with Crippen LogP contribution in [0.3, 0.4) is 0 Å². The van der Waals surface area contributed by atoms with E-state index >= 15 is 0 Å². The van der Waals surface area contributed by atoms with Gasteiger partial charge < -0.3 is 14.7 Å². The molecule has 0 radical (unpaired) electrons. The summed E-state index contributed by atoms with van der Waals surface area (Å²) in [5, 5.41) is 10.5. The zero-order valence-corrected chi connectivity index (χ0v) is 16.0. The standard InChI is InChI=1S/C20H21Cl2NO3/c1-2-10-23-17-8-7-13(21)12-15(17)19(14-5-3-4-6-16(14)22)26-18(9-11-24)20(23)25/h3-8,12,18-19,24H,2,9-11H2,1H3. The summed E-state index contributed by atoms with van der Waals surface area (Å²) in [6, 6.07) is 12.8. The Morgan fingerprint density at radius 1 is 1.15 bits per heavy atom. The molecule has 4 nitrogen and oxygen atoms in total. The van der Waals surface area contributed by atoms with Crippen LogP contribution in [0.4, 0.5) is 5.69 Å². The SMILES string of the molecule is CCCN1C(=O)C(CCO)OC(c2ccccc2Cl)c2cc(Cl)ccc21. The molecule has 1 heterocycles. The number of nitrogens with zero attached hydrogens (tertiary/aromatic N) is 1. The number of ether oxygens (including phenoxy) is 1. The van der Waals surface area contributed by atoms with E-state index in [1.807, 2.05) is 37.3 Å². The van der Waals surface area contributed by atoms with Crippen molar-refractivity contribution in [2.24, 2.45) is 0 Å². The molecule has 0 spiro atoms. The molecule has 1 N–H and O–H groups in total. The fourth-order valence-corrected chi connectivity index (χ4v) is 3.68. The molecule has 138 valence electrons. The van der Waals surface area contributed by atoms with Crippen LogP contribution in [0.2, 0.25) is 10.0 Å². The van der Waals surface area contributed by atoms with E-state index in [2.05, 4.69) is 0 Å². The number of amides is 1. The smallest absolute Gasteiger partial charge is 0.256 e. The summed E-state index contributed by atoms with van der Waals surface area (Å²) in [6.45, 7) is 2.44. The fourth-order valence-electron chi connectivity index (χ4n) is 3.26. The number of fused-ring (bicyclic) bond motifs is 1. The Hall–Kier alpha value is -1.59. The van der Waals surface area contributed by atoms with Crippen molar-refractivity contribution in [3.05, 3.63) is 63.6 Å². The van der Waals surface area contributed by atoms with Gasteiger partial charge in [0, 0.05) is 46.4 Å². The molecule has 6 heteroatoms. The van der Waals surface area contributed by atoms with Crippen molar-refractivity contribution in [3.8, 4) is 0 Å². The van der Waals surface area contributed by atoms with Crippen LogP contribution in [0, 0.1) is 0 Å². The van der Waals surface area contributed by atoms with Gasteiger partial charge in [-0.3, -0.25) is 4.79 Å². The molecule has 2 atom stereocenters. The van der Waals surface area contributed by atoms with Crippen molar-refractivity contribution in [3.63, 3.8) is 0 Å². The van der Waals surface area contributed by atoms with Gasteiger partial charge in [0.05, 0.1) is 0 Å². The molecule has 1 aliphatic heterocycles.